The van der Waals surface area contributed by atoms with E-state index in [0.29, 0.717) is 25.2 Å². The number of likely N-dealkylation sites (N-methyl/N-ethyl adjacent to an activating group) is 1. The summed E-state index contributed by atoms with van der Waals surface area (Å²) in [6.45, 7) is 2.58. The molecule has 6 rings (SSSR count). The lowest BCUT2D eigenvalue weighted by atomic mass is 10.0. The van der Waals surface area contributed by atoms with Crippen LogP contribution < -0.4 is 5.32 Å². The van der Waals surface area contributed by atoms with Gasteiger partial charge in [0.1, 0.15) is 0 Å². The molecule has 226 valence electrons. The van der Waals surface area contributed by atoms with Gasteiger partial charge in [-0.1, -0.05) is 72.8 Å². The van der Waals surface area contributed by atoms with E-state index in [1.165, 1.54) is 0 Å². The molecular formula is C35H34N8O2. The van der Waals surface area contributed by atoms with E-state index in [9.17, 15) is 9.59 Å². The summed E-state index contributed by atoms with van der Waals surface area (Å²) in [5, 5.41) is 28.5. The van der Waals surface area contributed by atoms with Crippen LogP contribution in [0.2, 0.25) is 0 Å². The van der Waals surface area contributed by atoms with Gasteiger partial charge >= 0.3 is 0 Å². The summed E-state index contributed by atoms with van der Waals surface area (Å²) in [5.74, 6) is -0.246. The zero-order valence-electron chi connectivity index (χ0n) is 25.1. The van der Waals surface area contributed by atoms with Crippen LogP contribution in [0.1, 0.15) is 33.7 Å². The van der Waals surface area contributed by atoms with E-state index in [0.717, 1.165) is 41.6 Å². The third-order valence-electron chi connectivity index (χ3n) is 8.07. The van der Waals surface area contributed by atoms with E-state index >= 15 is 0 Å². The van der Waals surface area contributed by atoms with Crippen molar-refractivity contribution < 1.29 is 9.59 Å². The molecule has 2 unspecified atom stereocenters. The van der Waals surface area contributed by atoms with E-state index in [1.807, 2.05) is 79.8 Å². The van der Waals surface area contributed by atoms with Crippen LogP contribution in [-0.2, 0) is 0 Å². The standard InChI is InChI=1S/C19H19N3O.C16H15N5O/c1-21(18-11-12-22(13-18)14-20)19(23)17-9-7-16(8-10-17)15-5-3-2-4-6-15;17-11-21-7-6-14(10-21)19-16(22)15-8-13(9-18-20-15)12-4-2-1-3-5-12/h2-10,18H,11-13H2,1H3;1-5,8-9,14H,6-7,10H2,(H,19,22). The highest BCUT2D eigenvalue weighted by molar-refractivity contribution is 5.95. The summed E-state index contributed by atoms with van der Waals surface area (Å²) in [6.07, 6.45) is 7.49. The van der Waals surface area contributed by atoms with E-state index in [-0.39, 0.29) is 29.6 Å². The normalized spacial score (nSPS) is 17.0. The second-order valence-corrected chi connectivity index (χ2v) is 11.0. The molecule has 3 heterocycles. The molecule has 2 atom stereocenters. The molecule has 2 aliphatic rings. The van der Waals surface area contributed by atoms with Crippen LogP contribution in [0, 0.1) is 22.9 Å². The second-order valence-electron chi connectivity index (χ2n) is 11.0. The van der Waals surface area contributed by atoms with Crippen molar-refractivity contribution in [1.82, 2.24) is 30.2 Å². The van der Waals surface area contributed by atoms with E-state index in [1.54, 1.807) is 27.0 Å². The Kier molecular flexibility index (Phi) is 9.98. The number of benzene rings is 3. The van der Waals surface area contributed by atoms with E-state index in [2.05, 4.69) is 40.0 Å². The molecule has 4 aromatic rings. The van der Waals surface area contributed by atoms with Crippen molar-refractivity contribution in [3.63, 3.8) is 0 Å². The van der Waals surface area contributed by atoms with Crippen LogP contribution >= 0.6 is 0 Å². The van der Waals surface area contributed by atoms with Gasteiger partial charge in [0, 0.05) is 50.4 Å². The van der Waals surface area contributed by atoms with Crippen LogP contribution in [0.3, 0.4) is 0 Å². The maximum atomic E-state index is 12.6. The largest absolute Gasteiger partial charge is 0.346 e. The Labute approximate surface area is 263 Å². The average Bonchev–Trinajstić information content (AvgIpc) is 3.79. The van der Waals surface area contributed by atoms with Crippen molar-refractivity contribution >= 4 is 11.8 Å². The number of carbonyl (C=O) groups excluding carboxylic acids is 2. The molecule has 0 radical (unpaired) electrons. The molecule has 10 nitrogen and oxygen atoms in total. The number of nitriles is 2. The van der Waals surface area contributed by atoms with Crippen LogP contribution in [0.5, 0.6) is 0 Å². The Morgan fingerprint density at radius 1 is 0.800 bits per heavy atom. The molecule has 2 aliphatic heterocycles. The Hall–Kier alpha value is -5.74. The molecule has 0 saturated carbocycles. The molecule has 2 amide bonds. The first-order valence-corrected chi connectivity index (χ1v) is 14.9. The van der Waals surface area contributed by atoms with Gasteiger partial charge in [0.05, 0.1) is 12.2 Å². The van der Waals surface area contributed by atoms with Gasteiger partial charge in [-0.25, -0.2) is 0 Å². The molecule has 0 bridgehead atoms. The quantitative estimate of drug-likeness (QED) is 0.323. The summed E-state index contributed by atoms with van der Waals surface area (Å²) in [5.41, 5.74) is 5.05. The number of rotatable bonds is 6. The first-order valence-electron chi connectivity index (χ1n) is 14.9. The fourth-order valence-electron chi connectivity index (χ4n) is 5.45. The average molecular weight is 599 g/mol. The van der Waals surface area contributed by atoms with Gasteiger partial charge in [0.2, 0.25) is 0 Å². The highest BCUT2D eigenvalue weighted by Gasteiger charge is 2.28. The smallest absolute Gasteiger partial charge is 0.272 e. The fourth-order valence-corrected chi connectivity index (χ4v) is 5.45. The molecule has 0 spiro atoms. The van der Waals surface area contributed by atoms with Crippen molar-refractivity contribution in [2.24, 2.45) is 0 Å². The lowest BCUT2D eigenvalue weighted by Gasteiger charge is -2.24. The molecule has 10 heteroatoms. The summed E-state index contributed by atoms with van der Waals surface area (Å²) < 4.78 is 0. The minimum atomic E-state index is -0.255. The van der Waals surface area contributed by atoms with Crippen LogP contribution in [0.15, 0.2) is 97.2 Å². The van der Waals surface area contributed by atoms with Crippen molar-refractivity contribution in [2.45, 2.75) is 24.9 Å². The zero-order chi connectivity index (χ0) is 31.6. The summed E-state index contributed by atoms with van der Waals surface area (Å²) in [7, 11) is 1.82. The molecular weight excluding hydrogens is 564 g/mol. The van der Waals surface area contributed by atoms with E-state index < -0.39 is 0 Å². The predicted molar refractivity (Wildman–Crippen MR) is 170 cm³/mol. The summed E-state index contributed by atoms with van der Waals surface area (Å²) in [6, 6.07) is 29.3. The molecule has 1 aromatic heterocycles. The Bertz CT molecular complexity index is 1680. The van der Waals surface area contributed by atoms with Gasteiger partial charge in [-0.15, -0.1) is 5.10 Å². The number of nitrogens with zero attached hydrogens (tertiary/aromatic N) is 7. The monoisotopic (exact) mass is 598 g/mol. The third kappa shape index (κ3) is 7.81. The van der Waals surface area contributed by atoms with Gasteiger partial charge in [-0.05, 0) is 47.7 Å². The van der Waals surface area contributed by atoms with Crippen molar-refractivity contribution in [1.29, 1.82) is 10.5 Å². The summed E-state index contributed by atoms with van der Waals surface area (Å²) >= 11 is 0. The van der Waals surface area contributed by atoms with Gasteiger partial charge < -0.3 is 20.0 Å². The molecule has 2 saturated heterocycles. The number of hydrogen-bond donors (Lipinski definition) is 1. The van der Waals surface area contributed by atoms with Crippen LogP contribution in [0.25, 0.3) is 22.3 Å². The highest BCUT2D eigenvalue weighted by Crippen LogP contribution is 2.22. The first-order chi connectivity index (χ1) is 21.9. The number of carbonyl (C=O) groups is 2. The number of likely N-dealkylation sites (tertiary alicyclic amines) is 2. The molecule has 0 aliphatic carbocycles. The van der Waals surface area contributed by atoms with Crippen molar-refractivity contribution in [2.75, 3.05) is 33.2 Å². The second kappa shape index (κ2) is 14.6. The topological polar surface area (TPSA) is 129 Å². The van der Waals surface area contributed by atoms with Crippen LogP contribution in [-0.4, -0.2) is 82.0 Å². The zero-order valence-corrected chi connectivity index (χ0v) is 25.1. The Morgan fingerprint density at radius 2 is 1.38 bits per heavy atom. The lowest BCUT2D eigenvalue weighted by molar-refractivity contribution is 0.0739. The molecule has 45 heavy (non-hydrogen) atoms. The van der Waals surface area contributed by atoms with E-state index in [4.69, 9.17) is 10.5 Å². The molecule has 1 N–H and O–H groups in total. The molecule has 3 aromatic carbocycles. The number of hydrogen-bond acceptors (Lipinski definition) is 8. The Balaban J connectivity index is 0.000000178. The van der Waals surface area contributed by atoms with Gasteiger partial charge in [-0.3, -0.25) is 9.59 Å². The van der Waals surface area contributed by atoms with Gasteiger partial charge in [-0.2, -0.15) is 15.6 Å². The lowest BCUT2D eigenvalue weighted by Crippen LogP contribution is -2.38. The maximum absolute atomic E-state index is 12.6. The van der Waals surface area contributed by atoms with Gasteiger partial charge in [0.25, 0.3) is 11.8 Å². The summed E-state index contributed by atoms with van der Waals surface area (Å²) in [4.78, 5) is 30.0. The minimum Gasteiger partial charge on any atom is -0.346 e. The molecule has 2 fully saturated rings. The highest BCUT2D eigenvalue weighted by atomic mass is 16.2. The van der Waals surface area contributed by atoms with Gasteiger partial charge in [0.15, 0.2) is 18.1 Å². The number of nitrogens with one attached hydrogen (secondary N) is 1. The minimum absolute atomic E-state index is 0.00871. The number of amides is 2. The number of aromatic nitrogens is 2. The fraction of sp³-hybridized carbons (Fsp3) is 0.257. The first kappa shape index (κ1) is 30.7. The SMILES string of the molecule is CN(C(=O)c1ccc(-c2ccccc2)cc1)C1CCN(C#N)C1.N#CN1CCC(NC(=O)c2cc(-c3ccccc3)cnn2)C1. The van der Waals surface area contributed by atoms with Crippen LogP contribution in [0.4, 0.5) is 0 Å². The predicted octanol–water partition coefficient (Wildman–Crippen LogP) is 4.41. The Morgan fingerprint density at radius 3 is 1.98 bits per heavy atom. The van der Waals surface area contributed by atoms with Crippen molar-refractivity contribution in [3.05, 3.63) is 108 Å². The third-order valence-corrected chi connectivity index (χ3v) is 8.07. The van der Waals surface area contributed by atoms with Crippen molar-refractivity contribution in [3.8, 4) is 34.6 Å². The maximum Gasteiger partial charge on any atom is 0.272 e.